The summed E-state index contributed by atoms with van der Waals surface area (Å²) in [7, 11) is 0. The molecular formula is C16H19ClN4. The van der Waals surface area contributed by atoms with Crippen LogP contribution >= 0.6 is 11.6 Å². The van der Waals surface area contributed by atoms with Crippen molar-refractivity contribution in [3.05, 3.63) is 46.9 Å². The minimum absolute atomic E-state index is 0.449. The van der Waals surface area contributed by atoms with Gasteiger partial charge in [0.05, 0.1) is 12.4 Å². The monoisotopic (exact) mass is 302 g/mol. The summed E-state index contributed by atoms with van der Waals surface area (Å²) in [5, 5.41) is 0.449. The van der Waals surface area contributed by atoms with E-state index in [0.29, 0.717) is 5.15 Å². The van der Waals surface area contributed by atoms with Gasteiger partial charge in [-0.05, 0) is 31.0 Å². The Morgan fingerprint density at radius 3 is 2.43 bits per heavy atom. The maximum atomic E-state index is 5.92. The van der Waals surface area contributed by atoms with Gasteiger partial charge in [0.1, 0.15) is 11.0 Å². The maximum absolute atomic E-state index is 5.92. The predicted molar refractivity (Wildman–Crippen MR) is 87.4 cm³/mol. The smallest absolute Gasteiger partial charge is 0.149 e. The molecule has 1 aliphatic rings. The lowest BCUT2D eigenvalue weighted by Gasteiger charge is -2.37. The normalized spacial score (nSPS) is 15.4. The summed E-state index contributed by atoms with van der Waals surface area (Å²) < 4.78 is 0. The molecule has 3 rings (SSSR count). The average Bonchev–Trinajstić information content (AvgIpc) is 2.50. The number of nitrogens with zero attached hydrogens (tertiary/aromatic N) is 4. The van der Waals surface area contributed by atoms with E-state index in [-0.39, 0.29) is 0 Å². The van der Waals surface area contributed by atoms with Gasteiger partial charge in [-0.15, -0.1) is 0 Å². The number of hydrogen-bond acceptors (Lipinski definition) is 4. The fraction of sp³-hybridized carbons (Fsp3) is 0.375. The summed E-state index contributed by atoms with van der Waals surface area (Å²) in [5.74, 6) is 0.864. The standard InChI is InChI=1S/C16H19ClN4/c1-12-4-3-5-14(13(12)2)20-6-8-21(9-7-20)16-11-18-10-15(17)19-16/h3-5,10-11H,6-9H2,1-2H3. The van der Waals surface area contributed by atoms with E-state index in [1.807, 2.05) is 0 Å². The third-order valence-corrected chi connectivity index (χ3v) is 4.29. The zero-order chi connectivity index (χ0) is 14.8. The van der Waals surface area contributed by atoms with E-state index in [1.165, 1.54) is 16.8 Å². The van der Waals surface area contributed by atoms with Gasteiger partial charge in [0.2, 0.25) is 0 Å². The molecule has 1 aromatic carbocycles. The third kappa shape index (κ3) is 2.95. The number of halogens is 1. The molecule has 0 bridgehead atoms. The van der Waals surface area contributed by atoms with Gasteiger partial charge in [0.25, 0.3) is 0 Å². The molecule has 1 aromatic heterocycles. The Hall–Kier alpha value is -1.81. The summed E-state index contributed by atoms with van der Waals surface area (Å²) in [5.41, 5.74) is 4.05. The van der Waals surface area contributed by atoms with Crippen LogP contribution in [0, 0.1) is 13.8 Å². The molecule has 0 unspecified atom stereocenters. The van der Waals surface area contributed by atoms with Crippen molar-refractivity contribution in [2.24, 2.45) is 0 Å². The summed E-state index contributed by atoms with van der Waals surface area (Å²) in [6.45, 7) is 8.19. The molecule has 0 N–H and O–H groups in total. The van der Waals surface area contributed by atoms with Crippen LogP contribution in [-0.4, -0.2) is 36.1 Å². The van der Waals surface area contributed by atoms with E-state index >= 15 is 0 Å². The molecule has 2 heterocycles. The van der Waals surface area contributed by atoms with Crippen molar-refractivity contribution in [2.45, 2.75) is 13.8 Å². The lowest BCUT2D eigenvalue weighted by molar-refractivity contribution is 0.645. The minimum Gasteiger partial charge on any atom is -0.368 e. The van der Waals surface area contributed by atoms with Crippen LogP contribution in [0.15, 0.2) is 30.6 Å². The zero-order valence-corrected chi connectivity index (χ0v) is 13.1. The molecule has 1 fully saturated rings. The number of anilines is 2. The molecule has 4 nitrogen and oxygen atoms in total. The van der Waals surface area contributed by atoms with Crippen molar-refractivity contribution in [2.75, 3.05) is 36.0 Å². The summed E-state index contributed by atoms with van der Waals surface area (Å²) in [6.07, 6.45) is 3.34. The maximum Gasteiger partial charge on any atom is 0.149 e. The van der Waals surface area contributed by atoms with E-state index in [0.717, 1.165) is 32.0 Å². The van der Waals surface area contributed by atoms with Crippen LogP contribution in [0.2, 0.25) is 5.15 Å². The van der Waals surface area contributed by atoms with Crippen molar-refractivity contribution in [3.8, 4) is 0 Å². The molecule has 0 saturated carbocycles. The first-order chi connectivity index (χ1) is 10.1. The quantitative estimate of drug-likeness (QED) is 0.853. The number of benzene rings is 1. The van der Waals surface area contributed by atoms with Crippen molar-refractivity contribution in [1.29, 1.82) is 0 Å². The topological polar surface area (TPSA) is 32.3 Å². The summed E-state index contributed by atoms with van der Waals surface area (Å²) >= 11 is 5.92. The first-order valence-electron chi connectivity index (χ1n) is 7.19. The van der Waals surface area contributed by atoms with Gasteiger partial charge >= 0.3 is 0 Å². The van der Waals surface area contributed by atoms with Gasteiger partial charge in [-0.1, -0.05) is 23.7 Å². The van der Waals surface area contributed by atoms with Crippen molar-refractivity contribution < 1.29 is 0 Å². The number of piperazine rings is 1. The zero-order valence-electron chi connectivity index (χ0n) is 12.4. The minimum atomic E-state index is 0.449. The average molecular weight is 303 g/mol. The van der Waals surface area contributed by atoms with Crippen LogP contribution in [0.25, 0.3) is 0 Å². The van der Waals surface area contributed by atoms with Crippen LogP contribution in [0.3, 0.4) is 0 Å². The molecule has 1 saturated heterocycles. The van der Waals surface area contributed by atoms with Gasteiger partial charge in [-0.25, -0.2) is 4.98 Å². The van der Waals surface area contributed by atoms with Gasteiger partial charge in [-0.2, -0.15) is 0 Å². The molecule has 2 aromatic rings. The second kappa shape index (κ2) is 5.90. The molecule has 0 atom stereocenters. The Bertz CT molecular complexity index is 636. The highest BCUT2D eigenvalue weighted by Crippen LogP contribution is 2.25. The molecule has 0 aliphatic carbocycles. The van der Waals surface area contributed by atoms with Crippen LogP contribution in [0.4, 0.5) is 11.5 Å². The number of rotatable bonds is 2. The van der Waals surface area contributed by atoms with Gasteiger partial charge < -0.3 is 9.80 Å². The highest BCUT2D eigenvalue weighted by molar-refractivity contribution is 6.29. The highest BCUT2D eigenvalue weighted by Gasteiger charge is 2.20. The van der Waals surface area contributed by atoms with E-state index in [9.17, 15) is 0 Å². The first-order valence-corrected chi connectivity index (χ1v) is 7.56. The lowest BCUT2D eigenvalue weighted by Crippen LogP contribution is -2.47. The van der Waals surface area contributed by atoms with E-state index in [2.05, 4.69) is 51.8 Å². The van der Waals surface area contributed by atoms with Crippen molar-refractivity contribution in [1.82, 2.24) is 9.97 Å². The Balaban J connectivity index is 1.72. The molecule has 0 radical (unpaired) electrons. The van der Waals surface area contributed by atoms with Crippen LogP contribution < -0.4 is 9.80 Å². The van der Waals surface area contributed by atoms with Crippen molar-refractivity contribution >= 4 is 23.1 Å². The van der Waals surface area contributed by atoms with E-state index in [1.54, 1.807) is 12.4 Å². The van der Waals surface area contributed by atoms with Crippen LogP contribution in [-0.2, 0) is 0 Å². The fourth-order valence-corrected chi connectivity index (χ4v) is 2.88. The predicted octanol–water partition coefficient (Wildman–Crippen LogP) is 3.07. The van der Waals surface area contributed by atoms with Gasteiger partial charge in [0.15, 0.2) is 0 Å². The van der Waals surface area contributed by atoms with E-state index in [4.69, 9.17) is 11.6 Å². The second-order valence-electron chi connectivity index (χ2n) is 5.39. The Kier molecular flexibility index (Phi) is 3.97. The molecule has 110 valence electrons. The highest BCUT2D eigenvalue weighted by atomic mass is 35.5. The summed E-state index contributed by atoms with van der Waals surface area (Å²) in [6, 6.07) is 6.50. The molecule has 0 amide bonds. The summed E-state index contributed by atoms with van der Waals surface area (Å²) in [4.78, 5) is 13.1. The largest absolute Gasteiger partial charge is 0.368 e. The SMILES string of the molecule is Cc1cccc(N2CCN(c3cncc(Cl)n3)CC2)c1C. The lowest BCUT2D eigenvalue weighted by atomic mass is 10.1. The number of hydrogen-bond donors (Lipinski definition) is 0. The van der Waals surface area contributed by atoms with Gasteiger partial charge in [0, 0.05) is 31.9 Å². The Labute approximate surface area is 130 Å². The number of aromatic nitrogens is 2. The molecule has 5 heteroatoms. The van der Waals surface area contributed by atoms with Crippen molar-refractivity contribution in [3.63, 3.8) is 0 Å². The first kappa shape index (κ1) is 14.1. The third-order valence-electron chi connectivity index (χ3n) is 4.11. The molecule has 21 heavy (non-hydrogen) atoms. The Morgan fingerprint density at radius 2 is 1.71 bits per heavy atom. The van der Waals surface area contributed by atoms with E-state index < -0.39 is 0 Å². The van der Waals surface area contributed by atoms with Crippen LogP contribution in [0.1, 0.15) is 11.1 Å². The molecular weight excluding hydrogens is 284 g/mol. The Morgan fingerprint density at radius 1 is 1.00 bits per heavy atom. The second-order valence-corrected chi connectivity index (χ2v) is 5.78. The van der Waals surface area contributed by atoms with Crippen LogP contribution in [0.5, 0.6) is 0 Å². The van der Waals surface area contributed by atoms with Gasteiger partial charge in [-0.3, -0.25) is 4.98 Å². The number of aryl methyl sites for hydroxylation is 1. The molecule has 0 spiro atoms. The fourth-order valence-electron chi connectivity index (χ4n) is 2.74. The molecule has 1 aliphatic heterocycles.